The van der Waals surface area contributed by atoms with E-state index in [9.17, 15) is 4.79 Å². The summed E-state index contributed by atoms with van der Waals surface area (Å²) in [7, 11) is 1.69. The van der Waals surface area contributed by atoms with Crippen LogP contribution in [0.2, 0.25) is 0 Å². The summed E-state index contributed by atoms with van der Waals surface area (Å²) in [5.41, 5.74) is 4.69. The summed E-state index contributed by atoms with van der Waals surface area (Å²) in [6.07, 6.45) is 2.79. The SMILES string of the molecule is CC[C@@H](C)C(=O)N1CC2(CCOCC2)c2cc(-c3cccc(OC)c3)ccc21. The first-order valence-corrected chi connectivity index (χ1v) is 10.3. The highest BCUT2D eigenvalue weighted by Gasteiger charge is 2.46. The summed E-state index contributed by atoms with van der Waals surface area (Å²) in [6.45, 7) is 6.40. The Morgan fingerprint density at radius 3 is 2.64 bits per heavy atom. The van der Waals surface area contributed by atoms with Gasteiger partial charge in [-0.05, 0) is 60.2 Å². The molecule has 1 fully saturated rings. The predicted molar refractivity (Wildman–Crippen MR) is 112 cm³/mol. The lowest BCUT2D eigenvalue weighted by molar-refractivity contribution is -0.122. The summed E-state index contributed by atoms with van der Waals surface area (Å²) >= 11 is 0. The van der Waals surface area contributed by atoms with Gasteiger partial charge < -0.3 is 14.4 Å². The monoisotopic (exact) mass is 379 g/mol. The minimum absolute atomic E-state index is 0.00554. The van der Waals surface area contributed by atoms with Crippen molar-refractivity contribution in [1.82, 2.24) is 0 Å². The number of rotatable bonds is 4. The average molecular weight is 380 g/mol. The fourth-order valence-electron chi connectivity index (χ4n) is 4.48. The van der Waals surface area contributed by atoms with Crippen LogP contribution in [0.5, 0.6) is 5.75 Å². The van der Waals surface area contributed by atoms with E-state index in [1.54, 1.807) is 7.11 Å². The van der Waals surface area contributed by atoms with Crippen molar-refractivity contribution in [1.29, 1.82) is 0 Å². The smallest absolute Gasteiger partial charge is 0.229 e. The number of methoxy groups -OCH3 is 1. The molecule has 4 rings (SSSR count). The molecule has 1 spiro atoms. The van der Waals surface area contributed by atoms with Crippen LogP contribution in [0.4, 0.5) is 5.69 Å². The zero-order valence-corrected chi connectivity index (χ0v) is 17.0. The normalized spacial score (nSPS) is 18.8. The second kappa shape index (κ2) is 7.59. The van der Waals surface area contributed by atoms with Crippen LogP contribution in [0.3, 0.4) is 0 Å². The lowest BCUT2D eigenvalue weighted by Gasteiger charge is -2.34. The van der Waals surface area contributed by atoms with Crippen LogP contribution in [0.15, 0.2) is 42.5 Å². The van der Waals surface area contributed by atoms with E-state index in [0.29, 0.717) is 0 Å². The van der Waals surface area contributed by atoms with Gasteiger partial charge in [0.15, 0.2) is 0 Å². The van der Waals surface area contributed by atoms with Crippen molar-refractivity contribution in [2.45, 2.75) is 38.5 Å². The van der Waals surface area contributed by atoms with Gasteiger partial charge in [-0.1, -0.05) is 32.0 Å². The van der Waals surface area contributed by atoms with E-state index >= 15 is 0 Å². The number of fused-ring (bicyclic) bond motifs is 2. The number of benzene rings is 2. The van der Waals surface area contributed by atoms with Crippen molar-refractivity contribution in [3.8, 4) is 16.9 Å². The number of hydrogen-bond donors (Lipinski definition) is 0. The lowest BCUT2D eigenvalue weighted by atomic mass is 9.75. The van der Waals surface area contributed by atoms with Gasteiger partial charge in [-0.15, -0.1) is 0 Å². The fraction of sp³-hybridized carbons (Fsp3) is 0.458. The Hall–Kier alpha value is -2.33. The quantitative estimate of drug-likeness (QED) is 0.766. The molecule has 0 saturated carbocycles. The molecule has 2 aromatic carbocycles. The molecule has 148 valence electrons. The highest BCUT2D eigenvalue weighted by atomic mass is 16.5. The first-order chi connectivity index (χ1) is 13.6. The van der Waals surface area contributed by atoms with Crippen LogP contribution in [-0.4, -0.2) is 32.8 Å². The molecule has 0 unspecified atom stereocenters. The second-order valence-electron chi connectivity index (χ2n) is 8.09. The summed E-state index contributed by atoms with van der Waals surface area (Å²) in [6, 6.07) is 14.7. The molecule has 0 N–H and O–H groups in total. The van der Waals surface area contributed by atoms with Crippen LogP contribution in [0.25, 0.3) is 11.1 Å². The summed E-state index contributed by atoms with van der Waals surface area (Å²) in [5.74, 6) is 1.13. The molecule has 28 heavy (non-hydrogen) atoms. The Labute approximate surface area is 167 Å². The third-order valence-electron chi connectivity index (χ3n) is 6.47. The van der Waals surface area contributed by atoms with Crippen LogP contribution in [-0.2, 0) is 14.9 Å². The van der Waals surface area contributed by atoms with Gasteiger partial charge in [-0.3, -0.25) is 4.79 Å². The molecule has 1 saturated heterocycles. The first kappa shape index (κ1) is 19.0. The zero-order valence-electron chi connectivity index (χ0n) is 17.0. The standard InChI is InChI=1S/C24H29NO3/c1-4-17(2)23(26)25-16-24(10-12-28-13-11-24)21-15-19(8-9-22(21)25)18-6-5-7-20(14-18)27-3/h5-9,14-15,17H,4,10-13,16H2,1-3H3/t17-/m1/s1. The van der Waals surface area contributed by atoms with Crippen molar-refractivity contribution >= 4 is 11.6 Å². The van der Waals surface area contributed by atoms with Gasteiger partial charge in [0.1, 0.15) is 5.75 Å². The van der Waals surface area contributed by atoms with Crippen molar-refractivity contribution < 1.29 is 14.3 Å². The maximum absolute atomic E-state index is 13.1. The Balaban J connectivity index is 1.79. The van der Waals surface area contributed by atoms with Gasteiger partial charge in [0.25, 0.3) is 0 Å². The Morgan fingerprint density at radius 1 is 1.18 bits per heavy atom. The summed E-state index contributed by atoms with van der Waals surface area (Å²) in [4.78, 5) is 15.1. The number of amides is 1. The van der Waals surface area contributed by atoms with Crippen molar-refractivity contribution in [2.75, 3.05) is 31.8 Å². The maximum atomic E-state index is 13.1. The van der Waals surface area contributed by atoms with E-state index < -0.39 is 0 Å². The van der Waals surface area contributed by atoms with Crippen molar-refractivity contribution in [3.63, 3.8) is 0 Å². The predicted octanol–water partition coefficient (Wildman–Crippen LogP) is 4.80. The van der Waals surface area contributed by atoms with Gasteiger partial charge in [0.2, 0.25) is 5.91 Å². The van der Waals surface area contributed by atoms with Gasteiger partial charge in [0.05, 0.1) is 7.11 Å². The number of carbonyl (C=O) groups excluding carboxylic acids is 1. The molecule has 2 aliphatic rings. The number of hydrogen-bond acceptors (Lipinski definition) is 3. The number of anilines is 1. The highest BCUT2D eigenvalue weighted by molar-refractivity contribution is 5.98. The van der Waals surface area contributed by atoms with Crippen LogP contribution >= 0.6 is 0 Å². The molecule has 4 nitrogen and oxygen atoms in total. The van der Waals surface area contributed by atoms with E-state index in [-0.39, 0.29) is 17.2 Å². The van der Waals surface area contributed by atoms with Crippen molar-refractivity contribution in [2.24, 2.45) is 5.92 Å². The van der Waals surface area contributed by atoms with Crippen LogP contribution in [0, 0.1) is 5.92 Å². The van der Waals surface area contributed by atoms with Gasteiger partial charge in [-0.2, -0.15) is 0 Å². The fourth-order valence-corrected chi connectivity index (χ4v) is 4.48. The molecule has 0 bridgehead atoms. The Kier molecular flexibility index (Phi) is 5.15. The Bertz CT molecular complexity index is 870. The molecule has 1 amide bonds. The van der Waals surface area contributed by atoms with E-state index in [2.05, 4.69) is 37.3 Å². The van der Waals surface area contributed by atoms with Crippen LogP contribution in [0.1, 0.15) is 38.7 Å². The molecular formula is C24H29NO3. The molecule has 0 aliphatic carbocycles. The largest absolute Gasteiger partial charge is 0.497 e. The maximum Gasteiger partial charge on any atom is 0.229 e. The minimum atomic E-state index is 0.00554. The number of nitrogens with zero attached hydrogens (tertiary/aromatic N) is 1. The second-order valence-corrected chi connectivity index (χ2v) is 8.09. The third kappa shape index (κ3) is 3.20. The molecule has 2 heterocycles. The highest BCUT2D eigenvalue weighted by Crippen LogP contribution is 2.48. The molecule has 0 aromatic heterocycles. The molecule has 2 aromatic rings. The van der Waals surface area contributed by atoms with E-state index in [0.717, 1.165) is 56.0 Å². The van der Waals surface area contributed by atoms with Crippen LogP contribution < -0.4 is 9.64 Å². The molecule has 4 heteroatoms. The summed E-state index contributed by atoms with van der Waals surface area (Å²) < 4.78 is 11.1. The zero-order chi connectivity index (χ0) is 19.7. The Morgan fingerprint density at radius 2 is 1.93 bits per heavy atom. The minimum Gasteiger partial charge on any atom is -0.497 e. The molecule has 2 aliphatic heterocycles. The number of ether oxygens (including phenoxy) is 2. The third-order valence-corrected chi connectivity index (χ3v) is 6.47. The topological polar surface area (TPSA) is 38.8 Å². The van der Waals surface area contributed by atoms with E-state index in [1.807, 2.05) is 24.0 Å². The molecule has 0 radical (unpaired) electrons. The van der Waals surface area contributed by atoms with Crippen molar-refractivity contribution in [3.05, 3.63) is 48.0 Å². The lowest BCUT2D eigenvalue weighted by Crippen LogP contribution is -2.42. The van der Waals surface area contributed by atoms with Gasteiger partial charge in [-0.25, -0.2) is 0 Å². The number of carbonyl (C=O) groups is 1. The molecular weight excluding hydrogens is 350 g/mol. The van der Waals surface area contributed by atoms with Gasteiger partial charge in [0, 0.05) is 36.8 Å². The summed E-state index contributed by atoms with van der Waals surface area (Å²) in [5, 5.41) is 0. The molecule has 1 atom stereocenters. The average Bonchev–Trinajstić information content (AvgIpc) is 3.06. The van der Waals surface area contributed by atoms with E-state index in [4.69, 9.17) is 9.47 Å². The van der Waals surface area contributed by atoms with E-state index in [1.165, 1.54) is 11.1 Å². The van der Waals surface area contributed by atoms with Gasteiger partial charge >= 0.3 is 0 Å². The first-order valence-electron chi connectivity index (χ1n) is 10.3.